The third-order valence-electron chi connectivity index (χ3n) is 5.59. The van der Waals surface area contributed by atoms with Crippen molar-refractivity contribution < 1.29 is 9.59 Å². The van der Waals surface area contributed by atoms with Crippen LogP contribution in [0, 0.1) is 12.8 Å². The highest BCUT2D eigenvalue weighted by molar-refractivity contribution is 5.89. The van der Waals surface area contributed by atoms with Crippen molar-refractivity contribution in [2.75, 3.05) is 6.54 Å². The van der Waals surface area contributed by atoms with Crippen LogP contribution < -0.4 is 0 Å². The van der Waals surface area contributed by atoms with Crippen LogP contribution in [0.5, 0.6) is 0 Å². The SMILES string of the molecule is Cc1ccc(CN2CC(C(=O)N(C(C)C)C3CCCC3)CC2=O)cc1. The van der Waals surface area contributed by atoms with E-state index in [0.29, 0.717) is 25.6 Å². The van der Waals surface area contributed by atoms with Gasteiger partial charge in [0.25, 0.3) is 0 Å². The van der Waals surface area contributed by atoms with E-state index in [1.54, 1.807) is 0 Å². The molecule has 0 aromatic heterocycles. The fourth-order valence-electron chi connectivity index (χ4n) is 4.25. The molecule has 1 atom stereocenters. The number of benzene rings is 1. The summed E-state index contributed by atoms with van der Waals surface area (Å²) in [5, 5.41) is 0. The Bertz CT molecular complexity index is 617. The molecule has 0 bridgehead atoms. The number of hydrogen-bond donors (Lipinski definition) is 0. The minimum Gasteiger partial charge on any atom is -0.338 e. The topological polar surface area (TPSA) is 40.6 Å². The Kier molecular flexibility index (Phi) is 5.45. The molecule has 25 heavy (non-hydrogen) atoms. The predicted molar refractivity (Wildman–Crippen MR) is 98.9 cm³/mol. The first-order chi connectivity index (χ1) is 12.0. The van der Waals surface area contributed by atoms with Gasteiger partial charge in [0.1, 0.15) is 0 Å². The van der Waals surface area contributed by atoms with Crippen LogP contribution in [-0.4, -0.2) is 40.2 Å². The zero-order valence-corrected chi connectivity index (χ0v) is 15.7. The number of likely N-dealkylation sites (tertiary alicyclic amines) is 1. The van der Waals surface area contributed by atoms with Crippen molar-refractivity contribution in [3.63, 3.8) is 0 Å². The second-order valence-electron chi connectivity index (χ2n) is 7.94. The summed E-state index contributed by atoms with van der Waals surface area (Å²) >= 11 is 0. The van der Waals surface area contributed by atoms with Crippen molar-refractivity contribution in [1.29, 1.82) is 0 Å². The number of carbonyl (C=O) groups is 2. The summed E-state index contributed by atoms with van der Waals surface area (Å²) in [6.07, 6.45) is 5.00. The molecule has 2 aliphatic rings. The van der Waals surface area contributed by atoms with Crippen LogP contribution in [0.1, 0.15) is 57.1 Å². The Morgan fingerprint density at radius 1 is 1.20 bits per heavy atom. The van der Waals surface area contributed by atoms with Crippen LogP contribution in [-0.2, 0) is 16.1 Å². The van der Waals surface area contributed by atoms with Crippen molar-refractivity contribution >= 4 is 11.8 Å². The van der Waals surface area contributed by atoms with Crippen molar-refractivity contribution in [2.24, 2.45) is 5.92 Å². The minimum absolute atomic E-state index is 0.106. The van der Waals surface area contributed by atoms with Gasteiger partial charge in [0.15, 0.2) is 0 Å². The summed E-state index contributed by atoms with van der Waals surface area (Å²) in [6.45, 7) is 7.41. The average molecular weight is 342 g/mol. The van der Waals surface area contributed by atoms with Crippen LogP contribution in [0.25, 0.3) is 0 Å². The quantitative estimate of drug-likeness (QED) is 0.821. The fraction of sp³-hybridized carbons (Fsp3) is 0.619. The Hall–Kier alpha value is -1.84. The monoisotopic (exact) mass is 342 g/mol. The molecule has 3 rings (SSSR count). The van der Waals surface area contributed by atoms with E-state index < -0.39 is 0 Å². The first-order valence-corrected chi connectivity index (χ1v) is 9.61. The maximum atomic E-state index is 13.1. The number of nitrogens with zero attached hydrogens (tertiary/aromatic N) is 2. The fourth-order valence-corrected chi connectivity index (χ4v) is 4.25. The normalized spacial score (nSPS) is 21.4. The molecule has 1 aliphatic heterocycles. The largest absolute Gasteiger partial charge is 0.338 e. The van der Waals surface area contributed by atoms with Crippen molar-refractivity contribution in [3.8, 4) is 0 Å². The van der Waals surface area contributed by atoms with Crippen molar-refractivity contribution in [3.05, 3.63) is 35.4 Å². The maximum absolute atomic E-state index is 13.1. The van der Waals surface area contributed by atoms with Crippen LogP contribution in [0.4, 0.5) is 0 Å². The molecular weight excluding hydrogens is 312 g/mol. The first kappa shape index (κ1) is 18.0. The summed E-state index contributed by atoms with van der Waals surface area (Å²) in [4.78, 5) is 29.5. The maximum Gasteiger partial charge on any atom is 0.228 e. The van der Waals surface area contributed by atoms with Gasteiger partial charge in [0.2, 0.25) is 11.8 Å². The van der Waals surface area contributed by atoms with Crippen LogP contribution in [0.15, 0.2) is 24.3 Å². The molecule has 1 aromatic carbocycles. The molecule has 1 aliphatic carbocycles. The third-order valence-corrected chi connectivity index (χ3v) is 5.59. The lowest BCUT2D eigenvalue weighted by molar-refractivity contribution is -0.140. The molecule has 0 spiro atoms. The van der Waals surface area contributed by atoms with Crippen LogP contribution >= 0.6 is 0 Å². The minimum atomic E-state index is -0.180. The molecule has 0 N–H and O–H groups in total. The van der Waals surface area contributed by atoms with E-state index in [1.807, 2.05) is 4.90 Å². The Balaban J connectivity index is 1.66. The molecule has 2 fully saturated rings. The van der Waals surface area contributed by atoms with Crippen LogP contribution in [0.3, 0.4) is 0 Å². The molecule has 136 valence electrons. The molecule has 4 nitrogen and oxygen atoms in total. The number of carbonyl (C=O) groups excluding carboxylic acids is 2. The van der Waals surface area contributed by atoms with Gasteiger partial charge < -0.3 is 9.80 Å². The molecule has 4 heteroatoms. The molecule has 1 saturated carbocycles. The summed E-state index contributed by atoms with van der Waals surface area (Å²) < 4.78 is 0. The standard InChI is InChI=1S/C21H30N2O2/c1-15(2)23(19-6-4-5-7-19)21(25)18-12-20(24)22(14-18)13-17-10-8-16(3)9-11-17/h8-11,15,18-19H,4-7,12-14H2,1-3H3. The lowest BCUT2D eigenvalue weighted by Gasteiger charge is -2.34. The predicted octanol–water partition coefficient (Wildman–Crippen LogP) is 3.52. The van der Waals surface area contributed by atoms with E-state index in [2.05, 4.69) is 49.9 Å². The van der Waals surface area contributed by atoms with Crippen molar-refractivity contribution in [2.45, 2.75) is 71.5 Å². The highest BCUT2D eigenvalue weighted by Crippen LogP contribution is 2.29. The molecule has 1 aromatic rings. The van der Waals surface area contributed by atoms with Gasteiger partial charge in [0, 0.05) is 31.6 Å². The molecule has 1 unspecified atom stereocenters. The number of aryl methyl sites for hydroxylation is 1. The van der Waals surface area contributed by atoms with Crippen LogP contribution in [0.2, 0.25) is 0 Å². The second kappa shape index (κ2) is 7.59. The van der Waals surface area contributed by atoms with Crippen molar-refractivity contribution in [1.82, 2.24) is 9.80 Å². The van der Waals surface area contributed by atoms with Gasteiger partial charge in [-0.15, -0.1) is 0 Å². The Morgan fingerprint density at radius 2 is 1.84 bits per heavy atom. The van der Waals surface area contributed by atoms with E-state index in [4.69, 9.17) is 0 Å². The summed E-state index contributed by atoms with van der Waals surface area (Å²) in [5.74, 6) is 0.108. The smallest absolute Gasteiger partial charge is 0.228 e. The highest BCUT2D eigenvalue weighted by atomic mass is 16.2. The van der Waals surface area contributed by atoms with E-state index >= 15 is 0 Å². The zero-order valence-electron chi connectivity index (χ0n) is 15.7. The second-order valence-corrected chi connectivity index (χ2v) is 7.94. The number of amides is 2. The number of rotatable bonds is 5. The van der Waals surface area contributed by atoms with Gasteiger partial charge in [-0.2, -0.15) is 0 Å². The lowest BCUT2D eigenvalue weighted by atomic mass is 10.0. The molecule has 1 heterocycles. The van der Waals surface area contributed by atoms with E-state index in [1.165, 1.54) is 18.4 Å². The van der Waals surface area contributed by atoms with Gasteiger partial charge in [-0.25, -0.2) is 0 Å². The summed E-state index contributed by atoms with van der Waals surface area (Å²) in [7, 11) is 0. The van der Waals surface area contributed by atoms with E-state index in [0.717, 1.165) is 18.4 Å². The molecule has 2 amide bonds. The third kappa shape index (κ3) is 4.05. The lowest BCUT2D eigenvalue weighted by Crippen LogP contribution is -2.47. The number of hydrogen-bond acceptors (Lipinski definition) is 2. The molecular formula is C21H30N2O2. The summed E-state index contributed by atoms with van der Waals surface area (Å²) in [6, 6.07) is 8.84. The zero-order chi connectivity index (χ0) is 18.0. The average Bonchev–Trinajstić information content (AvgIpc) is 3.20. The Labute approximate surface area is 151 Å². The van der Waals surface area contributed by atoms with Gasteiger partial charge in [-0.3, -0.25) is 9.59 Å². The van der Waals surface area contributed by atoms with Gasteiger partial charge in [-0.05, 0) is 39.2 Å². The van der Waals surface area contributed by atoms with Gasteiger partial charge in [-0.1, -0.05) is 42.7 Å². The van der Waals surface area contributed by atoms with E-state index in [9.17, 15) is 9.59 Å². The highest BCUT2D eigenvalue weighted by Gasteiger charge is 2.39. The van der Waals surface area contributed by atoms with E-state index in [-0.39, 0.29) is 23.8 Å². The van der Waals surface area contributed by atoms with Gasteiger partial charge in [0.05, 0.1) is 5.92 Å². The Morgan fingerprint density at radius 3 is 2.44 bits per heavy atom. The first-order valence-electron chi connectivity index (χ1n) is 9.61. The molecule has 0 radical (unpaired) electrons. The molecule has 1 saturated heterocycles. The summed E-state index contributed by atoms with van der Waals surface area (Å²) in [5.41, 5.74) is 2.34. The van der Waals surface area contributed by atoms with Gasteiger partial charge >= 0.3 is 0 Å².